The number of carbonyl (C=O) groups excluding carboxylic acids is 1. The number of rotatable bonds is 5. The van der Waals surface area contributed by atoms with E-state index in [1.54, 1.807) is 25.1 Å². The summed E-state index contributed by atoms with van der Waals surface area (Å²) in [5, 5.41) is 9.43. The third-order valence-electron chi connectivity index (χ3n) is 2.72. The Labute approximate surface area is 116 Å². The minimum Gasteiger partial charge on any atom is -0.507 e. The fourth-order valence-corrected chi connectivity index (χ4v) is 1.95. The summed E-state index contributed by atoms with van der Waals surface area (Å²) < 4.78 is 0.676. The molecule has 1 N–H and O–H groups in total. The molecule has 0 aliphatic rings. The van der Waals surface area contributed by atoms with Crippen molar-refractivity contribution in [3.63, 3.8) is 0 Å². The van der Waals surface area contributed by atoms with Crippen molar-refractivity contribution in [1.82, 2.24) is 9.80 Å². The number of halogens is 1. The number of phenolic OH excluding ortho intramolecular Hbond substituents is 1. The van der Waals surface area contributed by atoms with E-state index in [1.807, 2.05) is 19.1 Å². The molecule has 4 nitrogen and oxygen atoms in total. The quantitative estimate of drug-likeness (QED) is 0.904. The summed E-state index contributed by atoms with van der Waals surface area (Å²) >= 11 is 3.29. The molecule has 0 unspecified atom stereocenters. The maximum Gasteiger partial charge on any atom is 0.236 e. The molecule has 1 rings (SSSR count). The zero-order chi connectivity index (χ0) is 13.7. The highest BCUT2D eigenvalue weighted by Gasteiger charge is 2.11. The highest BCUT2D eigenvalue weighted by atomic mass is 79.9. The molecule has 0 spiro atoms. The van der Waals surface area contributed by atoms with Crippen LogP contribution in [0.5, 0.6) is 5.75 Å². The van der Waals surface area contributed by atoms with Crippen molar-refractivity contribution in [3.8, 4) is 5.75 Å². The van der Waals surface area contributed by atoms with Gasteiger partial charge in [-0.05, 0) is 40.2 Å². The molecule has 1 amide bonds. The minimum absolute atomic E-state index is 0.0923. The average Bonchev–Trinajstić information content (AvgIpc) is 2.32. The molecule has 0 heterocycles. The highest BCUT2D eigenvalue weighted by Crippen LogP contribution is 2.24. The van der Waals surface area contributed by atoms with E-state index in [-0.39, 0.29) is 11.7 Å². The zero-order valence-electron chi connectivity index (χ0n) is 11.0. The van der Waals surface area contributed by atoms with Crippen LogP contribution in [0.4, 0.5) is 0 Å². The third kappa shape index (κ3) is 4.31. The Kier molecular flexibility index (Phi) is 5.62. The van der Waals surface area contributed by atoms with Crippen LogP contribution < -0.4 is 0 Å². The molecule has 1 aromatic carbocycles. The molecule has 100 valence electrons. The molecule has 0 bridgehead atoms. The lowest BCUT2D eigenvalue weighted by molar-refractivity contribution is -0.130. The molecule has 0 aromatic heterocycles. The number of aromatic hydroxyl groups is 1. The van der Waals surface area contributed by atoms with Gasteiger partial charge in [0, 0.05) is 20.6 Å². The molecule has 1 aromatic rings. The predicted molar refractivity (Wildman–Crippen MR) is 75.5 cm³/mol. The monoisotopic (exact) mass is 314 g/mol. The topological polar surface area (TPSA) is 43.8 Å². The fourth-order valence-electron chi connectivity index (χ4n) is 1.52. The van der Waals surface area contributed by atoms with Crippen molar-refractivity contribution < 1.29 is 9.90 Å². The van der Waals surface area contributed by atoms with E-state index in [2.05, 4.69) is 20.8 Å². The molecule has 18 heavy (non-hydrogen) atoms. The summed E-state index contributed by atoms with van der Waals surface area (Å²) in [5.74, 6) is 0.320. The Balaban J connectivity index is 2.68. The van der Waals surface area contributed by atoms with Gasteiger partial charge >= 0.3 is 0 Å². The second-order valence-electron chi connectivity index (χ2n) is 4.38. The number of likely N-dealkylation sites (N-methyl/N-ethyl adjacent to an activating group) is 2. The molecular formula is C13H19BrN2O2. The number of benzene rings is 1. The van der Waals surface area contributed by atoms with E-state index in [9.17, 15) is 9.90 Å². The minimum atomic E-state index is 0.0923. The number of hydrogen-bond acceptors (Lipinski definition) is 3. The molecule has 0 fully saturated rings. The Morgan fingerprint density at radius 1 is 1.39 bits per heavy atom. The summed E-state index contributed by atoms with van der Waals surface area (Å²) in [6.45, 7) is 3.92. The molecule has 0 aliphatic carbocycles. The van der Waals surface area contributed by atoms with Gasteiger partial charge in [-0.1, -0.05) is 13.0 Å². The van der Waals surface area contributed by atoms with Gasteiger partial charge in [0.2, 0.25) is 5.91 Å². The van der Waals surface area contributed by atoms with Crippen LogP contribution in [0.15, 0.2) is 22.7 Å². The summed E-state index contributed by atoms with van der Waals surface area (Å²) in [5.41, 5.74) is 1.06. The molecule has 0 saturated heterocycles. The highest BCUT2D eigenvalue weighted by molar-refractivity contribution is 9.10. The Morgan fingerprint density at radius 3 is 2.56 bits per heavy atom. The lowest BCUT2D eigenvalue weighted by Crippen LogP contribution is -2.36. The first-order valence-electron chi connectivity index (χ1n) is 5.84. The van der Waals surface area contributed by atoms with Gasteiger partial charge in [0.25, 0.3) is 0 Å². The SMILES string of the molecule is CCN(CC(=O)N(C)C)Cc1ccc(O)c(Br)c1. The van der Waals surface area contributed by atoms with Gasteiger partial charge in [-0.3, -0.25) is 9.69 Å². The van der Waals surface area contributed by atoms with E-state index in [0.29, 0.717) is 17.6 Å². The first-order chi connectivity index (χ1) is 8.43. The van der Waals surface area contributed by atoms with Gasteiger partial charge in [-0.15, -0.1) is 0 Å². The van der Waals surface area contributed by atoms with Crippen molar-refractivity contribution in [2.24, 2.45) is 0 Å². The van der Waals surface area contributed by atoms with Crippen molar-refractivity contribution in [3.05, 3.63) is 28.2 Å². The maximum absolute atomic E-state index is 11.7. The largest absolute Gasteiger partial charge is 0.507 e. The van der Waals surface area contributed by atoms with E-state index >= 15 is 0 Å². The molecule has 5 heteroatoms. The van der Waals surface area contributed by atoms with Crippen LogP contribution in [0.1, 0.15) is 12.5 Å². The Hall–Kier alpha value is -1.07. The van der Waals surface area contributed by atoms with Crippen LogP contribution in [0.25, 0.3) is 0 Å². The number of hydrogen-bond donors (Lipinski definition) is 1. The van der Waals surface area contributed by atoms with Gasteiger partial charge < -0.3 is 10.0 Å². The predicted octanol–water partition coefficient (Wildman–Crippen LogP) is 2.06. The van der Waals surface area contributed by atoms with E-state index in [1.165, 1.54) is 0 Å². The normalized spacial score (nSPS) is 10.7. The second-order valence-corrected chi connectivity index (χ2v) is 5.23. The van der Waals surface area contributed by atoms with Crippen LogP contribution in [0.3, 0.4) is 0 Å². The standard InChI is InChI=1S/C13H19BrN2O2/c1-4-16(9-13(18)15(2)3)8-10-5-6-12(17)11(14)7-10/h5-7,17H,4,8-9H2,1-3H3. The van der Waals surface area contributed by atoms with E-state index in [4.69, 9.17) is 0 Å². The summed E-state index contributed by atoms with van der Waals surface area (Å²) in [7, 11) is 3.51. The average molecular weight is 315 g/mol. The van der Waals surface area contributed by atoms with Gasteiger partial charge in [0.1, 0.15) is 5.75 Å². The van der Waals surface area contributed by atoms with Gasteiger partial charge in [-0.25, -0.2) is 0 Å². The fraction of sp³-hybridized carbons (Fsp3) is 0.462. The van der Waals surface area contributed by atoms with Crippen LogP contribution in [0.2, 0.25) is 0 Å². The van der Waals surface area contributed by atoms with Crippen LogP contribution in [0, 0.1) is 0 Å². The van der Waals surface area contributed by atoms with Gasteiger partial charge in [0.15, 0.2) is 0 Å². The lowest BCUT2D eigenvalue weighted by Gasteiger charge is -2.22. The number of amides is 1. The molecule has 0 atom stereocenters. The summed E-state index contributed by atoms with van der Waals surface area (Å²) in [4.78, 5) is 15.3. The number of nitrogens with zero attached hydrogens (tertiary/aromatic N) is 2. The first-order valence-corrected chi connectivity index (χ1v) is 6.63. The Morgan fingerprint density at radius 2 is 2.06 bits per heavy atom. The van der Waals surface area contributed by atoms with Crippen molar-refractivity contribution >= 4 is 21.8 Å². The Bertz CT molecular complexity index is 421. The van der Waals surface area contributed by atoms with Gasteiger partial charge in [0.05, 0.1) is 11.0 Å². The lowest BCUT2D eigenvalue weighted by atomic mass is 10.2. The van der Waals surface area contributed by atoms with Crippen LogP contribution in [-0.4, -0.2) is 48.0 Å². The molecule has 0 aliphatic heterocycles. The smallest absolute Gasteiger partial charge is 0.236 e. The second kappa shape index (κ2) is 6.75. The van der Waals surface area contributed by atoms with Crippen molar-refractivity contribution in [2.75, 3.05) is 27.2 Å². The number of phenols is 1. The summed E-state index contributed by atoms with van der Waals surface area (Å²) in [6.07, 6.45) is 0. The van der Waals surface area contributed by atoms with E-state index in [0.717, 1.165) is 12.1 Å². The zero-order valence-corrected chi connectivity index (χ0v) is 12.6. The van der Waals surface area contributed by atoms with Crippen molar-refractivity contribution in [2.45, 2.75) is 13.5 Å². The molecular weight excluding hydrogens is 296 g/mol. The summed E-state index contributed by atoms with van der Waals surface area (Å²) in [6, 6.07) is 5.39. The first kappa shape index (κ1) is 15.0. The van der Waals surface area contributed by atoms with E-state index < -0.39 is 0 Å². The van der Waals surface area contributed by atoms with Crippen LogP contribution in [-0.2, 0) is 11.3 Å². The third-order valence-corrected chi connectivity index (χ3v) is 3.36. The number of carbonyl (C=O) groups is 1. The van der Waals surface area contributed by atoms with Crippen LogP contribution >= 0.6 is 15.9 Å². The maximum atomic E-state index is 11.7. The molecule has 0 saturated carbocycles. The van der Waals surface area contributed by atoms with Gasteiger partial charge in [-0.2, -0.15) is 0 Å². The molecule has 0 radical (unpaired) electrons. The van der Waals surface area contributed by atoms with Crippen molar-refractivity contribution in [1.29, 1.82) is 0 Å².